The van der Waals surface area contributed by atoms with Crippen LogP contribution in [0, 0.1) is 0 Å². The molecule has 4 nitrogen and oxygen atoms in total. The predicted molar refractivity (Wildman–Crippen MR) is 145 cm³/mol. The highest BCUT2D eigenvalue weighted by molar-refractivity contribution is 7.99. The summed E-state index contributed by atoms with van der Waals surface area (Å²) < 4.78 is 80.7. The molecule has 4 N–H and O–H groups in total. The highest BCUT2D eigenvalue weighted by Gasteiger charge is 2.36. The molecule has 41 heavy (non-hydrogen) atoms. The first kappa shape index (κ1) is 29.7. The number of Topliss-reactive ketones (excluding diaryl/α,β-unsaturated/α-hetero) is 2. The van der Waals surface area contributed by atoms with Crippen LogP contribution in [0.15, 0.2) is 94.7 Å². The maximum absolute atomic E-state index is 13.4. The second-order valence-electron chi connectivity index (χ2n) is 9.20. The highest BCUT2D eigenvalue weighted by atomic mass is 32.2. The van der Waals surface area contributed by atoms with E-state index in [4.69, 9.17) is 11.5 Å². The third-order valence-corrected chi connectivity index (χ3v) is 7.04. The van der Waals surface area contributed by atoms with Gasteiger partial charge in [0.25, 0.3) is 0 Å². The number of hydrogen-bond donors (Lipinski definition) is 2. The molecule has 0 aromatic heterocycles. The Kier molecular flexibility index (Phi) is 8.48. The van der Waals surface area contributed by atoms with Crippen molar-refractivity contribution in [1.29, 1.82) is 0 Å². The third-order valence-electron chi connectivity index (χ3n) is 6.06. The van der Waals surface area contributed by atoms with Gasteiger partial charge in [-0.25, -0.2) is 0 Å². The second-order valence-corrected chi connectivity index (χ2v) is 10.3. The molecule has 0 amide bonds. The van der Waals surface area contributed by atoms with Crippen LogP contribution in [0.2, 0.25) is 0 Å². The SMILES string of the molecule is Nc1ccc(C(=O)Cc2cccc(Sc3cccc(CC(=O)c4ccc(N)cc4C(F)(F)F)c3)c2)c(C(F)(F)F)c1. The maximum atomic E-state index is 13.4. The molecule has 0 atom stereocenters. The minimum atomic E-state index is -4.74. The van der Waals surface area contributed by atoms with Crippen LogP contribution in [0.1, 0.15) is 43.0 Å². The summed E-state index contributed by atoms with van der Waals surface area (Å²) in [6.07, 6.45) is -10.0. The van der Waals surface area contributed by atoms with E-state index < -0.39 is 46.2 Å². The number of benzene rings is 4. The molecule has 4 rings (SSSR count). The molecule has 0 unspecified atom stereocenters. The Balaban J connectivity index is 1.50. The van der Waals surface area contributed by atoms with Gasteiger partial charge in [-0.1, -0.05) is 36.0 Å². The van der Waals surface area contributed by atoms with Crippen molar-refractivity contribution >= 4 is 34.7 Å². The number of ketones is 2. The topological polar surface area (TPSA) is 86.2 Å². The zero-order chi connectivity index (χ0) is 29.9. The van der Waals surface area contributed by atoms with E-state index in [1.54, 1.807) is 48.5 Å². The Labute approximate surface area is 235 Å². The van der Waals surface area contributed by atoms with E-state index >= 15 is 0 Å². The van der Waals surface area contributed by atoms with Crippen molar-refractivity contribution in [3.63, 3.8) is 0 Å². The van der Waals surface area contributed by atoms with Gasteiger partial charge in [-0.05, 0) is 71.8 Å². The van der Waals surface area contributed by atoms with E-state index in [2.05, 4.69) is 0 Å². The number of carbonyl (C=O) groups is 2. The number of alkyl halides is 6. The van der Waals surface area contributed by atoms with Crippen LogP contribution in [-0.2, 0) is 25.2 Å². The minimum Gasteiger partial charge on any atom is -0.399 e. The number of halogens is 6. The maximum Gasteiger partial charge on any atom is 0.417 e. The number of carbonyl (C=O) groups excluding carboxylic acids is 2. The predicted octanol–water partition coefficient (Wildman–Crippen LogP) is 7.89. The normalized spacial score (nSPS) is 11.9. The van der Waals surface area contributed by atoms with Crippen molar-refractivity contribution in [3.8, 4) is 0 Å². The molecule has 0 heterocycles. The molecule has 0 aliphatic heterocycles. The largest absolute Gasteiger partial charge is 0.417 e. The van der Waals surface area contributed by atoms with Gasteiger partial charge in [-0.15, -0.1) is 0 Å². The molecule has 212 valence electrons. The Morgan fingerprint density at radius 3 is 1.34 bits per heavy atom. The van der Waals surface area contributed by atoms with E-state index in [0.717, 1.165) is 24.3 Å². The molecule has 0 bridgehead atoms. The van der Waals surface area contributed by atoms with Crippen molar-refractivity contribution in [3.05, 3.63) is 118 Å². The van der Waals surface area contributed by atoms with E-state index in [1.807, 2.05) is 0 Å². The smallest absolute Gasteiger partial charge is 0.399 e. The number of nitrogens with two attached hydrogens (primary N) is 2. The number of nitrogen functional groups attached to an aromatic ring is 2. The van der Waals surface area contributed by atoms with Gasteiger partial charge in [0.05, 0.1) is 11.1 Å². The van der Waals surface area contributed by atoms with Gasteiger partial charge in [0.15, 0.2) is 11.6 Å². The molecule has 0 saturated heterocycles. The van der Waals surface area contributed by atoms with Gasteiger partial charge in [-0.3, -0.25) is 9.59 Å². The highest BCUT2D eigenvalue weighted by Crippen LogP contribution is 2.36. The van der Waals surface area contributed by atoms with Crippen molar-refractivity contribution in [2.45, 2.75) is 35.0 Å². The molecular weight excluding hydrogens is 566 g/mol. The van der Waals surface area contributed by atoms with Gasteiger partial charge in [0.1, 0.15) is 0 Å². The summed E-state index contributed by atoms with van der Waals surface area (Å²) in [5.41, 5.74) is 8.58. The molecular formula is C30H22F6N2O2S. The van der Waals surface area contributed by atoms with Gasteiger partial charge >= 0.3 is 12.4 Å². The van der Waals surface area contributed by atoms with E-state index in [9.17, 15) is 35.9 Å². The van der Waals surface area contributed by atoms with Crippen molar-refractivity contribution in [1.82, 2.24) is 0 Å². The first-order chi connectivity index (χ1) is 19.2. The lowest BCUT2D eigenvalue weighted by Crippen LogP contribution is -2.15. The molecule has 0 spiro atoms. The van der Waals surface area contributed by atoms with Gasteiger partial charge < -0.3 is 11.5 Å². The number of anilines is 2. The van der Waals surface area contributed by atoms with Crippen LogP contribution >= 0.6 is 11.8 Å². The van der Waals surface area contributed by atoms with E-state index in [0.29, 0.717) is 20.9 Å². The zero-order valence-corrected chi connectivity index (χ0v) is 22.0. The molecule has 4 aromatic carbocycles. The summed E-state index contributed by atoms with van der Waals surface area (Å²) in [5, 5.41) is 0. The molecule has 0 aliphatic carbocycles. The standard InChI is InChI=1S/C30H22F6N2O2S/c31-29(32,33)25-15-19(37)7-9-23(25)27(39)13-17-3-1-5-21(11-17)41-22-6-2-4-18(12-22)14-28(40)24-10-8-20(38)16-26(24)30(34,35)36/h1-12,15-16H,13-14,37-38H2. The summed E-state index contributed by atoms with van der Waals surface area (Å²) in [6.45, 7) is 0. The Bertz CT molecular complexity index is 1500. The lowest BCUT2D eigenvalue weighted by molar-refractivity contribution is -0.138. The quantitative estimate of drug-likeness (QED) is 0.124. The Morgan fingerprint density at radius 1 is 0.585 bits per heavy atom. The molecule has 0 aliphatic rings. The van der Waals surface area contributed by atoms with Crippen LogP contribution < -0.4 is 11.5 Å². The van der Waals surface area contributed by atoms with Gasteiger partial charge in [0, 0.05) is 45.1 Å². The first-order valence-electron chi connectivity index (χ1n) is 12.1. The second kappa shape index (κ2) is 11.7. The van der Waals surface area contributed by atoms with Crippen molar-refractivity contribution in [2.24, 2.45) is 0 Å². The molecule has 0 saturated carbocycles. The molecule has 0 fully saturated rings. The van der Waals surface area contributed by atoms with Gasteiger partial charge in [0.2, 0.25) is 0 Å². The van der Waals surface area contributed by atoms with E-state index in [1.165, 1.54) is 23.9 Å². The van der Waals surface area contributed by atoms with Crippen molar-refractivity contribution < 1.29 is 35.9 Å². The average molecular weight is 589 g/mol. The summed E-state index contributed by atoms with van der Waals surface area (Å²) in [6, 6.07) is 19.4. The lowest BCUT2D eigenvalue weighted by atomic mass is 9.97. The van der Waals surface area contributed by atoms with Crippen LogP contribution in [0.3, 0.4) is 0 Å². The fourth-order valence-corrected chi connectivity index (χ4v) is 5.20. The zero-order valence-electron chi connectivity index (χ0n) is 21.1. The van der Waals surface area contributed by atoms with Crippen molar-refractivity contribution in [2.75, 3.05) is 11.5 Å². The summed E-state index contributed by atoms with van der Waals surface area (Å²) >= 11 is 1.26. The summed E-state index contributed by atoms with van der Waals surface area (Å²) in [4.78, 5) is 26.9. The van der Waals surface area contributed by atoms with Gasteiger partial charge in [-0.2, -0.15) is 26.3 Å². The Morgan fingerprint density at radius 2 is 0.976 bits per heavy atom. The molecule has 11 heteroatoms. The minimum absolute atomic E-state index is 0.106. The molecule has 0 radical (unpaired) electrons. The van der Waals surface area contributed by atoms with Crippen LogP contribution in [0.4, 0.5) is 37.7 Å². The van der Waals surface area contributed by atoms with E-state index in [-0.39, 0.29) is 24.2 Å². The van der Waals surface area contributed by atoms with Crippen LogP contribution in [-0.4, -0.2) is 11.6 Å². The van der Waals surface area contributed by atoms with Crippen LogP contribution in [0.5, 0.6) is 0 Å². The monoisotopic (exact) mass is 588 g/mol. The fourth-order valence-electron chi connectivity index (χ4n) is 4.21. The fraction of sp³-hybridized carbons (Fsp3) is 0.133. The summed E-state index contributed by atoms with van der Waals surface area (Å²) in [7, 11) is 0. The van der Waals surface area contributed by atoms with Crippen LogP contribution in [0.25, 0.3) is 0 Å². The Hall–Kier alpha value is -4.25. The average Bonchev–Trinajstić information content (AvgIpc) is 2.88. The molecule has 4 aromatic rings. The number of hydrogen-bond acceptors (Lipinski definition) is 5. The first-order valence-corrected chi connectivity index (χ1v) is 12.9. The third kappa shape index (κ3) is 7.49. The number of rotatable bonds is 8. The lowest BCUT2D eigenvalue weighted by Gasteiger charge is -2.13. The summed E-state index contributed by atoms with van der Waals surface area (Å²) in [5.74, 6) is -1.44.